The highest BCUT2D eigenvalue weighted by atomic mass is 32.2. The van der Waals surface area contributed by atoms with E-state index in [1.807, 2.05) is 42.5 Å². The van der Waals surface area contributed by atoms with Gasteiger partial charge in [0, 0.05) is 6.54 Å². The number of carbonyl (C=O) groups is 2. The molecule has 1 aromatic heterocycles. The van der Waals surface area contributed by atoms with Crippen LogP contribution in [-0.2, 0) is 27.3 Å². The Morgan fingerprint density at radius 2 is 1.79 bits per heavy atom. The van der Waals surface area contributed by atoms with E-state index in [1.165, 1.54) is 11.8 Å². The van der Waals surface area contributed by atoms with Crippen LogP contribution >= 0.6 is 11.8 Å². The number of hydrogen-bond acceptors (Lipinski definition) is 6. The van der Waals surface area contributed by atoms with Gasteiger partial charge in [-0.05, 0) is 31.0 Å². The van der Waals surface area contributed by atoms with Gasteiger partial charge in [0.05, 0.1) is 23.3 Å². The van der Waals surface area contributed by atoms with E-state index in [2.05, 4.69) is 4.98 Å². The molecule has 0 aliphatic rings. The normalized spacial score (nSPS) is 10.8. The summed E-state index contributed by atoms with van der Waals surface area (Å²) in [6, 6.07) is 17.0. The number of aryl methyl sites for hydroxylation is 1. The minimum Gasteiger partial charge on any atom is -0.466 e. The van der Waals surface area contributed by atoms with Crippen molar-refractivity contribution in [3.05, 3.63) is 70.5 Å². The van der Waals surface area contributed by atoms with Gasteiger partial charge in [0.15, 0.2) is 10.9 Å². The summed E-state index contributed by atoms with van der Waals surface area (Å²) in [5, 5.41) is 1.02. The summed E-state index contributed by atoms with van der Waals surface area (Å²) in [4.78, 5) is 41.2. The van der Waals surface area contributed by atoms with Crippen molar-refractivity contribution in [2.24, 2.45) is 0 Å². The predicted octanol–water partition coefficient (Wildman–Crippen LogP) is 3.25. The predicted molar refractivity (Wildman–Crippen MR) is 113 cm³/mol. The van der Waals surface area contributed by atoms with E-state index in [0.29, 0.717) is 29.0 Å². The summed E-state index contributed by atoms with van der Waals surface area (Å²) < 4.78 is 6.42. The maximum absolute atomic E-state index is 13.0. The van der Waals surface area contributed by atoms with Crippen molar-refractivity contribution in [2.75, 3.05) is 12.4 Å². The number of fused-ring (bicyclic) bond motifs is 1. The van der Waals surface area contributed by atoms with E-state index in [-0.39, 0.29) is 30.1 Å². The second-order valence-electron chi connectivity index (χ2n) is 6.41. The van der Waals surface area contributed by atoms with Crippen LogP contribution < -0.4 is 5.56 Å². The molecule has 0 spiro atoms. The first-order valence-corrected chi connectivity index (χ1v) is 10.4. The van der Waals surface area contributed by atoms with Crippen molar-refractivity contribution in [3.8, 4) is 0 Å². The first-order chi connectivity index (χ1) is 14.1. The van der Waals surface area contributed by atoms with Crippen molar-refractivity contribution in [1.82, 2.24) is 9.55 Å². The van der Waals surface area contributed by atoms with Gasteiger partial charge in [0.2, 0.25) is 0 Å². The second kappa shape index (κ2) is 10.0. The summed E-state index contributed by atoms with van der Waals surface area (Å²) in [6.45, 7) is 2.39. The minimum atomic E-state index is -0.536. The molecule has 0 atom stereocenters. The fourth-order valence-corrected chi connectivity index (χ4v) is 3.79. The summed E-state index contributed by atoms with van der Waals surface area (Å²) in [7, 11) is 0. The highest BCUT2D eigenvalue weighted by Crippen LogP contribution is 2.19. The van der Waals surface area contributed by atoms with Crippen LogP contribution in [0.5, 0.6) is 0 Å². The topological polar surface area (TPSA) is 78.3 Å². The molecule has 6 nitrogen and oxygen atoms in total. The van der Waals surface area contributed by atoms with Crippen molar-refractivity contribution < 1.29 is 14.3 Å². The fourth-order valence-electron chi connectivity index (χ4n) is 2.91. The summed E-state index contributed by atoms with van der Waals surface area (Å²) in [5.74, 6) is -0.744. The van der Waals surface area contributed by atoms with E-state index in [1.54, 1.807) is 23.6 Å². The summed E-state index contributed by atoms with van der Waals surface area (Å²) >= 11 is 1.17. The molecule has 0 unspecified atom stereocenters. The number of rotatable bonds is 9. The third kappa shape index (κ3) is 5.54. The lowest BCUT2D eigenvalue weighted by Gasteiger charge is -2.13. The molecule has 0 saturated carbocycles. The van der Waals surface area contributed by atoms with E-state index in [0.717, 1.165) is 5.56 Å². The fraction of sp³-hybridized carbons (Fsp3) is 0.273. The number of carbonyl (C=O) groups excluding carboxylic acids is 2. The minimum absolute atomic E-state index is 0.0505. The van der Waals surface area contributed by atoms with Crippen LogP contribution in [0.4, 0.5) is 0 Å². The highest BCUT2D eigenvalue weighted by Gasteiger charge is 2.15. The van der Waals surface area contributed by atoms with Gasteiger partial charge < -0.3 is 4.74 Å². The standard InChI is InChI=1S/C22H22N2O4S/c1-2-28-20(26)14-17(25)15-29-22-23-19-11-7-6-10-18(19)21(27)24(22)13-12-16-8-4-3-5-9-16/h3-11H,2,12-15H2,1H3. The van der Waals surface area contributed by atoms with Crippen LogP contribution in [-0.4, -0.2) is 33.7 Å². The molecule has 1 heterocycles. The van der Waals surface area contributed by atoms with Gasteiger partial charge in [-0.1, -0.05) is 54.2 Å². The molecule has 0 aliphatic carbocycles. The Balaban J connectivity index is 1.83. The molecular weight excluding hydrogens is 388 g/mol. The van der Waals surface area contributed by atoms with Gasteiger partial charge in [-0.25, -0.2) is 4.98 Å². The Labute approximate surface area is 172 Å². The number of esters is 1. The highest BCUT2D eigenvalue weighted by molar-refractivity contribution is 7.99. The number of para-hydroxylation sites is 1. The Morgan fingerprint density at radius 1 is 1.07 bits per heavy atom. The van der Waals surface area contributed by atoms with Crippen LogP contribution in [0.3, 0.4) is 0 Å². The third-order valence-electron chi connectivity index (χ3n) is 4.30. The molecule has 29 heavy (non-hydrogen) atoms. The Hall–Kier alpha value is -2.93. The molecule has 3 aromatic rings. The van der Waals surface area contributed by atoms with E-state index in [9.17, 15) is 14.4 Å². The van der Waals surface area contributed by atoms with Gasteiger partial charge in [0.1, 0.15) is 6.42 Å². The van der Waals surface area contributed by atoms with Crippen LogP contribution in [0, 0.1) is 0 Å². The van der Waals surface area contributed by atoms with Crippen LogP contribution in [0.1, 0.15) is 18.9 Å². The van der Waals surface area contributed by atoms with Crippen molar-refractivity contribution in [2.45, 2.75) is 31.5 Å². The van der Waals surface area contributed by atoms with Crippen LogP contribution in [0.15, 0.2) is 64.5 Å². The van der Waals surface area contributed by atoms with Crippen molar-refractivity contribution in [3.63, 3.8) is 0 Å². The number of nitrogens with zero attached hydrogens (tertiary/aromatic N) is 2. The molecule has 0 radical (unpaired) electrons. The molecule has 0 saturated heterocycles. The Bertz CT molecular complexity index is 1060. The van der Waals surface area contributed by atoms with Gasteiger partial charge in [-0.3, -0.25) is 19.0 Å². The summed E-state index contributed by atoms with van der Waals surface area (Å²) in [5.41, 5.74) is 1.57. The second-order valence-corrected chi connectivity index (χ2v) is 7.36. The lowest BCUT2D eigenvalue weighted by Crippen LogP contribution is -2.25. The molecule has 150 valence electrons. The average molecular weight is 410 g/mol. The Kier molecular flexibility index (Phi) is 7.19. The van der Waals surface area contributed by atoms with Crippen molar-refractivity contribution in [1.29, 1.82) is 0 Å². The zero-order chi connectivity index (χ0) is 20.6. The smallest absolute Gasteiger partial charge is 0.313 e. The first-order valence-electron chi connectivity index (χ1n) is 9.42. The Morgan fingerprint density at radius 3 is 2.55 bits per heavy atom. The first kappa shape index (κ1) is 20.8. The SMILES string of the molecule is CCOC(=O)CC(=O)CSc1nc2ccccc2c(=O)n1CCc1ccccc1. The molecule has 0 aliphatic heterocycles. The maximum Gasteiger partial charge on any atom is 0.313 e. The van der Waals surface area contributed by atoms with Crippen molar-refractivity contribution >= 4 is 34.4 Å². The van der Waals surface area contributed by atoms with Crippen LogP contribution in [0.2, 0.25) is 0 Å². The average Bonchev–Trinajstić information content (AvgIpc) is 2.72. The summed E-state index contributed by atoms with van der Waals surface area (Å²) in [6.07, 6.45) is 0.397. The molecule has 7 heteroatoms. The number of Topliss-reactive ketones (excluding diaryl/α,β-unsaturated/α-hetero) is 1. The molecule has 2 aromatic carbocycles. The number of aromatic nitrogens is 2. The van der Waals surface area contributed by atoms with Gasteiger partial charge in [-0.15, -0.1) is 0 Å². The number of thioether (sulfide) groups is 1. The molecule has 0 amide bonds. The molecule has 0 bridgehead atoms. The molecular formula is C22H22N2O4S. The number of hydrogen-bond donors (Lipinski definition) is 0. The van der Waals surface area contributed by atoms with E-state index < -0.39 is 5.97 Å². The number of benzene rings is 2. The lowest BCUT2D eigenvalue weighted by molar-refractivity contribution is -0.145. The zero-order valence-electron chi connectivity index (χ0n) is 16.2. The molecule has 0 N–H and O–H groups in total. The third-order valence-corrected chi connectivity index (χ3v) is 5.34. The van der Waals surface area contributed by atoms with Gasteiger partial charge in [-0.2, -0.15) is 0 Å². The molecule has 0 fully saturated rings. The van der Waals surface area contributed by atoms with Crippen LogP contribution in [0.25, 0.3) is 10.9 Å². The number of ether oxygens (including phenoxy) is 1. The van der Waals surface area contributed by atoms with Gasteiger partial charge in [0.25, 0.3) is 5.56 Å². The largest absolute Gasteiger partial charge is 0.466 e. The zero-order valence-corrected chi connectivity index (χ0v) is 17.0. The lowest BCUT2D eigenvalue weighted by atomic mass is 10.1. The van der Waals surface area contributed by atoms with E-state index >= 15 is 0 Å². The van der Waals surface area contributed by atoms with Gasteiger partial charge >= 0.3 is 5.97 Å². The maximum atomic E-state index is 13.0. The van der Waals surface area contributed by atoms with E-state index in [4.69, 9.17) is 4.74 Å². The quantitative estimate of drug-likeness (QED) is 0.233. The number of ketones is 1. The monoisotopic (exact) mass is 410 g/mol. The molecule has 3 rings (SSSR count).